The number of carbonyl (C=O) groups is 4. The molecule has 12 rings (SSSR count). The number of fused-ring (bicyclic) bond motifs is 4. The molecule has 4 fully saturated rings. The maximum absolute atomic E-state index is 14.2. The number of aryl methyl sites for hydroxylation is 4. The highest BCUT2D eigenvalue weighted by atomic mass is 16.5. The van der Waals surface area contributed by atoms with Crippen LogP contribution >= 0.6 is 0 Å². The second-order valence-electron chi connectivity index (χ2n) is 18.9. The summed E-state index contributed by atoms with van der Waals surface area (Å²) in [7, 11) is 2.64. The van der Waals surface area contributed by atoms with Crippen LogP contribution in [-0.4, -0.2) is 92.1 Å². The molecule has 8 atom stereocenters. The summed E-state index contributed by atoms with van der Waals surface area (Å²) in [6.45, 7) is 7.77. The van der Waals surface area contributed by atoms with Gasteiger partial charge in [-0.05, 0) is 122 Å². The van der Waals surface area contributed by atoms with Crippen molar-refractivity contribution < 1.29 is 28.7 Å². The van der Waals surface area contributed by atoms with E-state index in [2.05, 4.69) is 57.0 Å². The Balaban J connectivity index is 0.954. The van der Waals surface area contributed by atoms with E-state index >= 15 is 0 Å². The predicted molar refractivity (Wildman–Crippen MR) is 233 cm³/mol. The highest BCUT2D eigenvalue weighted by Gasteiger charge is 2.53. The van der Waals surface area contributed by atoms with Crippen LogP contribution in [0.3, 0.4) is 0 Å². The van der Waals surface area contributed by atoms with Crippen LogP contribution in [0.15, 0.2) is 48.8 Å². The summed E-state index contributed by atoms with van der Waals surface area (Å²) in [5, 5.41) is 5.58. The third kappa shape index (κ3) is 7.63. The van der Waals surface area contributed by atoms with E-state index in [1.165, 1.54) is 36.5 Å². The standard InChI is InChI=1S/C48H60N8O6/c1-25(2)39(53-47(59)61-5)45(57)55-33-17-15-31(21-33)41(55)43-49-23-37(51-43)35-19-27-7-11-29(35)13-9-28-8-12-30(14-10-27)36(20-28)38-24-50-44(52-38)42-32-16-18-34(22-32)56(42)46(58)40(26(3)4)54-48(60)62-6/h7-8,11-12,19-20,23-26,31-34,39-42H,9-10,13-18,21-22H2,1-6H3,(H,49,51)(H,50,52)(H,53,59)(H,54,60)/t31?,32?,33?,34?,39-,40-,41-,42-/m0/s1. The summed E-state index contributed by atoms with van der Waals surface area (Å²) in [4.78, 5) is 74.3. The molecule has 14 heteroatoms. The van der Waals surface area contributed by atoms with E-state index in [0.29, 0.717) is 11.8 Å². The molecule has 8 bridgehead atoms. The molecule has 2 aliphatic heterocycles. The number of likely N-dealkylation sites (tertiary alicyclic amines) is 2. The van der Waals surface area contributed by atoms with Crippen LogP contribution in [0.4, 0.5) is 9.59 Å². The molecule has 328 valence electrons. The molecule has 4 heterocycles. The maximum Gasteiger partial charge on any atom is 0.407 e. The van der Waals surface area contributed by atoms with Gasteiger partial charge in [0.15, 0.2) is 0 Å². The van der Waals surface area contributed by atoms with Gasteiger partial charge in [-0.25, -0.2) is 19.6 Å². The number of amides is 4. The Hall–Kier alpha value is -5.66. The number of alkyl carbamates (subject to hydrolysis) is 2. The highest BCUT2D eigenvalue weighted by molar-refractivity contribution is 5.88. The van der Waals surface area contributed by atoms with Crippen molar-refractivity contribution >= 4 is 24.0 Å². The maximum atomic E-state index is 14.2. The summed E-state index contributed by atoms with van der Waals surface area (Å²) in [5.41, 5.74) is 8.83. The van der Waals surface area contributed by atoms with Crippen LogP contribution in [0.2, 0.25) is 0 Å². The van der Waals surface area contributed by atoms with Gasteiger partial charge in [0.2, 0.25) is 11.8 Å². The Morgan fingerprint density at radius 2 is 1.05 bits per heavy atom. The molecule has 8 aliphatic rings. The van der Waals surface area contributed by atoms with Gasteiger partial charge in [0, 0.05) is 35.6 Å². The number of carbonyl (C=O) groups excluding carboxylic acids is 4. The van der Waals surface area contributed by atoms with E-state index in [-0.39, 0.29) is 47.8 Å². The SMILES string of the molecule is COC(=O)N[C@H](C(=O)N1C2CCC(C2)[C@H]1c1nc(-c2cc3ccc2CCc2ccc(c(-c4c[nH]c([C@@H]5C6CCC(C6)N5C(=O)[C@@H](NC(=O)OC)C(C)C)n4)c2)CC3)c[nH]1)C(C)C. The van der Waals surface area contributed by atoms with Crippen molar-refractivity contribution in [2.45, 2.75) is 128 Å². The summed E-state index contributed by atoms with van der Waals surface area (Å²) >= 11 is 0. The Bertz CT molecular complexity index is 2190. The van der Waals surface area contributed by atoms with Crippen LogP contribution in [0.5, 0.6) is 0 Å². The van der Waals surface area contributed by atoms with Crippen molar-refractivity contribution in [1.29, 1.82) is 0 Å². The topological polar surface area (TPSA) is 175 Å². The lowest BCUT2D eigenvalue weighted by molar-refractivity contribution is -0.140. The molecule has 2 aromatic carbocycles. The summed E-state index contributed by atoms with van der Waals surface area (Å²) in [5.74, 6) is 1.84. The first kappa shape index (κ1) is 41.7. The highest BCUT2D eigenvalue weighted by Crippen LogP contribution is 2.51. The third-order valence-corrected chi connectivity index (χ3v) is 14.5. The summed E-state index contributed by atoms with van der Waals surface area (Å²) in [6.07, 6.45) is 11.9. The van der Waals surface area contributed by atoms with Gasteiger partial charge < -0.3 is 39.9 Å². The first-order valence-corrected chi connectivity index (χ1v) is 22.6. The predicted octanol–water partition coefficient (Wildman–Crippen LogP) is 7.22. The van der Waals surface area contributed by atoms with Gasteiger partial charge in [-0.1, -0.05) is 52.0 Å². The largest absolute Gasteiger partial charge is 0.453 e. The molecule has 4 aromatic rings. The van der Waals surface area contributed by atoms with E-state index in [4.69, 9.17) is 19.4 Å². The molecule has 62 heavy (non-hydrogen) atoms. The molecule has 4 unspecified atom stereocenters. The average Bonchev–Trinajstić information content (AvgIpc) is 4.14. The number of imidazole rings is 2. The average molecular weight is 845 g/mol. The number of hydrogen-bond acceptors (Lipinski definition) is 8. The lowest BCUT2D eigenvalue weighted by Crippen LogP contribution is -2.54. The van der Waals surface area contributed by atoms with Crippen LogP contribution in [0, 0.1) is 23.7 Å². The number of hydrogen-bond donors (Lipinski definition) is 4. The second kappa shape index (κ2) is 16.9. The number of rotatable bonds is 10. The van der Waals surface area contributed by atoms with Gasteiger partial charge in [-0.3, -0.25) is 9.59 Å². The zero-order valence-electron chi connectivity index (χ0n) is 36.7. The monoisotopic (exact) mass is 844 g/mol. The molecule has 4 N–H and O–H groups in total. The number of methoxy groups -OCH3 is 2. The zero-order chi connectivity index (χ0) is 43.4. The van der Waals surface area contributed by atoms with E-state index in [1.807, 2.05) is 49.9 Å². The number of aromatic nitrogens is 4. The van der Waals surface area contributed by atoms with Gasteiger partial charge in [-0.2, -0.15) is 0 Å². The minimum absolute atomic E-state index is 0.0822. The smallest absolute Gasteiger partial charge is 0.407 e. The lowest BCUT2D eigenvalue weighted by Gasteiger charge is -2.37. The summed E-state index contributed by atoms with van der Waals surface area (Å²) < 4.78 is 9.74. The zero-order valence-corrected chi connectivity index (χ0v) is 36.7. The van der Waals surface area contributed by atoms with Crippen molar-refractivity contribution in [2.75, 3.05) is 14.2 Å². The Labute approximate surface area is 363 Å². The molecular weight excluding hydrogens is 785 g/mol. The molecule has 0 radical (unpaired) electrons. The van der Waals surface area contributed by atoms with Crippen LogP contribution in [0.25, 0.3) is 22.5 Å². The minimum Gasteiger partial charge on any atom is -0.453 e. The number of aromatic amines is 2. The fourth-order valence-corrected chi connectivity index (χ4v) is 11.3. The molecule has 6 aliphatic carbocycles. The minimum atomic E-state index is -0.686. The van der Waals surface area contributed by atoms with Gasteiger partial charge in [0.05, 0.1) is 37.7 Å². The fourth-order valence-electron chi connectivity index (χ4n) is 11.3. The van der Waals surface area contributed by atoms with Crippen molar-refractivity contribution in [2.24, 2.45) is 23.7 Å². The molecule has 4 amide bonds. The number of H-pyrrole nitrogens is 2. The molecule has 2 saturated carbocycles. The fraction of sp³-hybridized carbons (Fsp3) is 0.542. The van der Waals surface area contributed by atoms with Crippen molar-refractivity contribution in [3.8, 4) is 22.5 Å². The van der Waals surface area contributed by atoms with Crippen molar-refractivity contribution in [3.05, 3.63) is 82.7 Å². The molecule has 2 saturated heterocycles. The van der Waals surface area contributed by atoms with Gasteiger partial charge in [-0.15, -0.1) is 0 Å². The first-order chi connectivity index (χ1) is 29.9. The quantitative estimate of drug-likeness (QED) is 0.130. The Kier molecular flexibility index (Phi) is 11.4. The Morgan fingerprint density at radius 3 is 1.44 bits per heavy atom. The second-order valence-corrected chi connectivity index (χ2v) is 18.9. The first-order valence-electron chi connectivity index (χ1n) is 22.6. The molecule has 2 aromatic heterocycles. The van der Waals surface area contributed by atoms with E-state index in [1.54, 1.807) is 0 Å². The number of nitrogens with zero attached hydrogens (tertiary/aromatic N) is 4. The molecule has 14 nitrogen and oxygen atoms in total. The molecule has 0 spiro atoms. The van der Waals surface area contributed by atoms with Crippen LogP contribution < -0.4 is 10.6 Å². The number of benzene rings is 2. The molecular formula is C48H60N8O6. The van der Waals surface area contributed by atoms with Gasteiger partial charge in [0.1, 0.15) is 23.7 Å². The summed E-state index contributed by atoms with van der Waals surface area (Å²) in [6, 6.07) is 12.1. The van der Waals surface area contributed by atoms with Crippen molar-refractivity contribution in [1.82, 2.24) is 40.4 Å². The normalized spacial score (nSPS) is 24.6. The van der Waals surface area contributed by atoms with Crippen molar-refractivity contribution in [3.63, 3.8) is 0 Å². The Morgan fingerprint density at radius 1 is 0.629 bits per heavy atom. The van der Waals surface area contributed by atoms with Gasteiger partial charge >= 0.3 is 12.2 Å². The van der Waals surface area contributed by atoms with E-state index in [0.717, 1.165) is 98.4 Å². The number of ether oxygens (including phenoxy) is 2. The number of piperidine rings is 2. The third-order valence-electron chi connectivity index (χ3n) is 14.5. The number of nitrogens with one attached hydrogen (secondary N) is 4. The van der Waals surface area contributed by atoms with E-state index in [9.17, 15) is 19.2 Å². The van der Waals surface area contributed by atoms with E-state index < -0.39 is 24.3 Å². The lowest BCUT2D eigenvalue weighted by atomic mass is 9.90. The van der Waals surface area contributed by atoms with Crippen LogP contribution in [-0.2, 0) is 44.7 Å². The van der Waals surface area contributed by atoms with Gasteiger partial charge in [0.25, 0.3) is 0 Å². The van der Waals surface area contributed by atoms with Crippen LogP contribution in [0.1, 0.15) is 112 Å².